The molecule has 1 N–H and O–H groups in total. The highest BCUT2D eigenvalue weighted by molar-refractivity contribution is 7.97. The van der Waals surface area contributed by atoms with Crippen LogP contribution in [0.3, 0.4) is 0 Å². The molecule has 1 nitrogen and oxygen atoms in total. The molecule has 1 aromatic carbocycles. The fourth-order valence-corrected chi connectivity index (χ4v) is 3.62. The molecular weight excluding hydrogens is 296 g/mol. The zero-order chi connectivity index (χ0) is 13.5. The van der Waals surface area contributed by atoms with Crippen LogP contribution in [0.4, 0.5) is 0 Å². The van der Waals surface area contributed by atoms with Crippen molar-refractivity contribution in [1.29, 1.82) is 0 Å². The van der Waals surface area contributed by atoms with E-state index in [2.05, 4.69) is 30.0 Å². The van der Waals surface area contributed by atoms with Crippen molar-refractivity contribution < 1.29 is 5.11 Å². The lowest BCUT2D eigenvalue weighted by molar-refractivity contribution is 0.350. The maximum atomic E-state index is 8.64. The van der Waals surface area contributed by atoms with Crippen LogP contribution in [0.5, 0.6) is 0 Å². The number of hydrogen-bond acceptors (Lipinski definition) is 3. The van der Waals surface area contributed by atoms with Crippen LogP contribution in [0, 0.1) is 11.8 Å². The lowest BCUT2D eigenvalue weighted by Gasteiger charge is -2.00. The van der Waals surface area contributed by atoms with E-state index in [4.69, 9.17) is 16.7 Å². The van der Waals surface area contributed by atoms with Crippen molar-refractivity contribution >= 4 is 34.7 Å². The average Bonchev–Trinajstić information content (AvgIpc) is 2.87. The standard InChI is InChI=1S/C15H13ClOS2/c16-13-5-3-12(4-6-13)10-18-11-15-8-7-14(19-15)2-1-9-17/h3-8,17H,9-11H2. The van der Waals surface area contributed by atoms with Crippen molar-refractivity contribution in [2.75, 3.05) is 6.61 Å². The van der Waals surface area contributed by atoms with Crippen LogP contribution in [0.15, 0.2) is 36.4 Å². The molecule has 0 amide bonds. The van der Waals surface area contributed by atoms with Gasteiger partial charge in [-0.25, -0.2) is 0 Å². The van der Waals surface area contributed by atoms with Crippen LogP contribution in [0.2, 0.25) is 5.02 Å². The summed E-state index contributed by atoms with van der Waals surface area (Å²) >= 11 is 9.41. The van der Waals surface area contributed by atoms with Crippen LogP contribution < -0.4 is 0 Å². The molecule has 0 aliphatic heterocycles. The van der Waals surface area contributed by atoms with Gasteiger partial charge in [0.1, 0.15) is 6.61 Å². The predicted octanol–water partition coefficient (Wildman–Crippen LogP) is 4.18. The highest BCUT2D eigenvalue weighted by atomic mass is 35.5. The van der Waals surface area contributed by atoms with Gasteiger partial charge in [-0.2, -0.15) is 11.8 Å². The Hall–Kier alpha value is -0.920. The first-order valence-corrected chi connectivity index (χ1v) is 8.13. The average molecular weight is 309 g/mol. The maximum absolute atomic E-state index is 8.64. The summed E-state index contributed by atoms with van der Waals surface area (Å²) in [6, 6.07) is 12.1. The summed E-state index contributed by atoms with van der Waals surface area (Å²) in [6.45, 7) is -0.0848. The second-order valence-electron chi connectivity index (χ2n) is 3.85. The molecular formula is C15H13ClOS2. The fourth-order valence-electron chi connectivity index (χ4n) is 1.50. The van der Waals surface area contributed by atoms with Crippen molar-refractivity contribution in [3.63, 3.8) is 0 Å². The molecule has 19 heavy (non-hydrogen) atoms. The van der Waals surface area contributed by atoms with Crippen molar-refractivity contribution in [2.45, 2.75) is 11.5 Å². The molecule has 0 atom stereocenters. The minimum Gasteiger partial charge on any atom is -0.384 e. The maximum Gasteiger partial charge on any atom is 0.104 e. The number of hydrogen-bond donors (Lipinski definition) is 1. The molecule has 98 valence electrons. The fraction of sp³-hybridized carbons (Fsp3) is 0.200. The molecule has 0 spiro atoms. The minimum atomic E-state index is -0.0848. The molecule has 0 radical (unpaired) electrons. The first kappa shape index (κ1) is 14.5. The van der Waals surface area contributed by atoms with E-state index in [1.54, 1.807) is 11.3 Å². The van der Waals surface area contributed by atoms with Crippen LogP contribution in [-0.2, 0) is 11.5 Å². The molecule has 2 aromatic rings. The van der Waals surface area contributed by atoms with Crippen LogP contribution in [0.1, 0.15) is 15.3 Å². The van der Waals surface area contributed by atoms with Gasteiger partial charge in [0.25, 0.3) is 0 Å². The van der Waals surface area contributed by atoms with Gasteiger partial charge in [0.05, 0.1) is 4.88 Å². The second kappa shape index (κ2) is 7.62. The van der Waals surface area contributed by atoms with Gasteiger partial charge in [0.2, 0.25) is 0 Å². The van der Waals surface area contributed by atoms with E-state index in [1.807, 2.05) is 30.0 Å². The van der Waals surface area contributed by atoms with E-state index in [1.165, 1.54) is 10.4 Å². The quantitative estimate of drug-likeness (QED) is 0.855. The molecule has 2 rings (SSSR count). The third-order valence-corrected chi connectivity index (χ3v) is 4.87. The van der Waals surface area contributed by atoms with E-state index < -0.39 is 0 Å². The van der Waals surface area contributed by atoms with Gasteiger partial charge in [-0.3, -0.25) is 0 Å². The summed E-state index contributed by atoms with van der Waals surface area (Å²) in [5, 5.41) is 9.42. The largest absolute Gasteiger partial charge is 0.384 e. The number of thiophene rings is 1. The van der Waals surface area contributed by atoms with Gasteiger partial charge in [-0.05, 0) is 29.8 Å². The molecule has 4 heteroatoms. The summed E-state index contributed by atoms with van der Waals surface area (Å²) < 4.78 is 0. The Kier molecular flexibility index (Phi) is 5.81. The Bertz CT molecular complexity index is 578. The lowest BCUT2D eigenvalue weighted by Crippen LogP contribution is -1.80. The Morgan fingerprint density at radius 3 is 2.63 bits per heavy atom. The molecule has 0 aliphatic carbocycles. The number of thioether (sulfide) groups is 1. The normalized spacial score (nSPS) is 10.0. The molecule has 0 aliphatic rings. The van der Waals surface area contributed by atoms with E-state index in [-0.39, 0.29) is 6.61 Å². The number of benzene rings is 1. The Labute approximate surface area is 126 Å². The third-order valence-electron chi connectivity index (χ3n) is 2.38. The summed E-state index contributed by atoms with van der Waals surface area (Å²) in [4.78, 5) is 2.32. The first-order valence-electron chi connectivity index (χ1n) is 5.78. The predicted molar refractivity (Wildman–Crippen MR) is 84.7 cm³/mol. The van der Waals surface area contributed by atoms with Gasteiger partial charge in [-0.1, -0.05) is 35.6 Å². The summed E-state index contributed by atoms with van der Waals surface area (Å²) in [6.07, 6.45) is 0. The van der Waals surface area contributed by atoms with Crippen molar-refractivity contribution in [1.82, 2.24) is 0 Å². The minimum absolute atomic E-state index is 0.0848. The smallest absolute Gasteiger partial charge is 0.104 e. The topological polar surface area (TPSA) is 20.2 Å². The Morgan fingerprint density at radius 2 is 1.89 bits per heavy atom. The summed E-state index contributed by atoms with van der Waals surface area (Å²) in [7, 11) is 0. The van der Waals surface area contributed by atoms with Crippen LogP contribution in [-0.4, -0.2) is 11.7 Å². The van der Waals surface area contributed by atoms with Gasteiger partial charge < -0.3 is 5.11 Å². The van der Waals surface area contributed by atoms with Gasteiger partial charge in [-0.15, -0.1) is 11.3 Å². The highest BCUT2D eigenvalue weighted by Gasteiger charge is 1.99. The van der Waals surface area contributed by atoms with E-state index in [0.29, 0.717) is 0 Å². The lowest BCUT2D eigenvalue weighted by atomic mass is 10.2. The molecule has 1 aromatic heterocycles. The SMILES string of the molecule is OCC#Cc1ccc(CSCc2ccc(Cl)cc2)s1. The molecule has 0 saturated carbocycles. The zero-order valence-electron chi connectivity index (χ0n) is 10.2. The third kappa shape index (κ3) is 4.93. The van der Waals surface area contributed by atoms with E-state index >= 15 is 0 Å². The van der Waals surface area contributed by atoms with Gasteiger partial charge in [0.15, 0.2) is 0 Å². The van der Waals surface area contributed by atoms with Crippen LogP contribution in [0.25, 0.3) is 0 Å². The zero-order valence-corrected chi connectivity index (χ0v) is 12.6. The summed E-state index contributed by atoms with van der Waals surface area (Å²) in [5.41, 5.74) is 1.28. The molecule has 0 bridgehead atoms. The van der Waals surface area contributed by atoms with E-state index in [0.717, 1.165) is 21.4 Å². The monoisotopic (exact) mass is 308 g/mol. The molecule has 1 heterocycles. The van der Waals surface area contributed by atoms with Crippen LogP contribution >= 0.6 is 34.7 Å². The molecule has 0 saturated heterocycles. The summed E-state index contributed by atoms with van der Waals surface area (Å²) in [5.74, 6) is 7.54. The Morgan fingerprint density at radius 1 is 1.11 bits per heavy atom. The number of aliphatic hydroxyl groups is 1. The van der Waals surface area contributed by atoms with Crippen molar-refractivity contribution in [2.24, 2.45) is 0 Å². The number of aliphatic hydroxyl groups excluding tert-OH is 1. The van der Waals surface area contributed by atoms with Gasteiger partial charge in [0, 0.05) is 21.4 Å². The second-order valence-corrected chi connectivity index (χ2v) is 6.44. The number of halogens is 1. The highest BCUT2D eigenvalue weighted by Crippen LogP contribution is 2.24. The first-order chi connectivity index (χ1) is 9.28. The number of rotatable bonds is 4. The van der Waals surface area contributed by atoms with Gasteiger partial charge >= 0.3 is 0 Å². The van der Waals surface area contributed by atoms with E-state index in [9.17, 15) is 0 Å². The van der Waals surface area contributed by atoms with Crippen molar-refractivity contribution in [3.05, 3.63) is 56.7 Å². The molecule has 0 unspecified atom stereocenters. The van der Waals surface area contributed by atoms with Crippen molar-refractivity contribution in [3.8, 4) is 11.8 Å². The Balaban J connectivity index is 1.82. The molecule has 0 fully saturated rings.